The number of benzene rings is 1. The third kappa shape index (κ3) is 2.94. The Kier molecular flexibility index (Phi) is 3.94. The van der Waals surface area contributed by atoms with Crippen LogP contribution in [0.25, 0.3) is 0 Å². The van der Waals surface area contributed by atoms with Crippen LogP contribution in [0.15, 0.2) is 12.1 Å². The van der Waals surface area contributed by atoms with Crippen LogP contribution in [0.4, 0.5) is 14.5 Å². The fraction of sp³-hybridized carbons (Fsp3) is 0.533. The standard InChI is InChI=1S/C15H18F2N2O2/c16-10-8-11(17)14(21-13-4-5-18-15(13)20)9-12(10)19-6-2-1-3-7-19/h8-9,13H,1-7H2,(H,18,20)/t13-/m1/s1. The van der Waals surface area contributed by atoms with Crippen LogP contribution in [0.5, 0.6) is 5.75 Å². The predicted octanol–water partition coefficient (Wildman–Crippen LogP) is 2.22. The van der Waals surface area contributed by atoms with Gasteiger partial charge in [-0.15, -0.1) is 0 Å². The molecule has 2 heterocycles. The summed E-state index contributed by atoms with van der Waals surface area (Å²) in [6, 6.07) is 2.22. The fourth-order valence-electron chi connectivity index (χ4n) is 2.82. The van der Waals surface area contributed by atoms with Gasteiger partial charge in [0.2, 0.25) is 0 Å². The number of hydrogen-bond acceptors (Lipinski definition) is 3. The van der Waals surface area contributed by atoms with Crippen LogP contribution in [0, 0.1) is 11.6 Å². The quantitative estimate of drug-likeness (QED) is 0.930. The molecule has 4 nitrogen and oxygen atoms in total. The zero-order chi connectivity index (χ0) is 14.8. The first kappa shape index (κ1) is 14.1. The van der Waals surface area contributed by atoms with Crippen molar-refractivity contribution in [3.05, 3.63) is 23.8 Å². The molecule has 0 saturated carbocycles. The van der Waals surface area contributed by atoms with Gasteiger partial charge in [-0.2, -0.15) is 0 Å². The van der Waals surface area contributed by atoms with E-state index in [-0.39, 0.29) is 11.7 Å². The molecule has 2 fully saturated rings. The van der Waals surface area contributed by atoms with Gasteiger partial charge in [-0.05, 0) is 19.3 Å². The van der Waals surface area contributed by atoms with Gasteiger partial charge >= 0.3 is 0 Å². The van der Waals surface area contributed by atoms with E-state index in [9.17, 15) is 13.6 Å². The van der Waals surface area contributed by atoms with Crippen molar-refractivity contribution in [2.75, 3.05) is 24.5 Å². The lowest BCUT2D eigenvalue weighted by Crippen LogP contribution is -2.31. The van der Waals surface area contributed by atoms with Crippen LogP contribution in [0.3, 0.4) is 0 Å². The molecule has 2 saturated heterocycles. The monoisotopic (exact) mass is 296 g/mol. The predicted molar refractivity (Wildman–Crippen MR) is 74.5 cm³/mol. The third-order valence-corrected chi connectivity index (χ3v) is 3.97. The zero-order valence-electron chi connectivity index (χ0n) is 11.7. The van der Waals surface area contributed by atoms with Crippen LogP contribution in [-0.4, -0.2) is 31.6 Å². The Balaban J connectivity index is 1.84. The minimum Gasteiger partial charge on any atom is -0.477 e. The molecule has 3 rings (SSSR count). The molecule has 114 valence electrons. The number of anilines is 1. The summed E-state index contributed by atoms with van der Waals surface area (Å²) in [6.07, 6.45) is 2.93. The number of ether oxygens (including phenoxy) is 1. The highest BCUT2D eigenvalue weighted by molar-refractivity contribution is 5.83. The first-order valence-corrected chi connectivity index (χ1v) is 7.33. The molecule has 0 radical (unpaired) electrons. The van der Waals surface area contributed by atoms with E-state index in [2.05, 4.69) is 5.32 Å². The lowest BCUT2D eigenvalue weighted by Gasteiger charge is -2.29. The van der Waals surface area contributed by atoms with Crippen LogP contribution >= 0.6 is 0 Å². The molecule has 21 heavy (non-hydrogen) atoms. The lowest BCUT2D eigenvalue weighted by molar-refractivity contribution is -0.124. The molecule has 2 aliphatic heterocycles. The second kappa shape index (κ2) is 5.87. The van der Waals surface area contributed by atoms with Crippen LogP contribution < -0.4 is 15.0 Å². The molecule has 1 N–H and O–H groups in total. The van der Waals surface area contributed by atoms with Gasteiger partial charge in [0.05, 0.1) is 5.69 Å². The van der Waals surface area contributed by atoms with Gasteiger partial charge in [-0.1, -0.05) is 0 Å². The summed E-state index contributed by atoms with van der Waals surface area (Å²) in [5.74, 6) is -1.66. The number of amides is 1. The van der Waals surface area contributed by atoms with E-state index >= 15 is 0 Å². The molecule has 1 amide bonds. The second-order valence-electron chi connectivity index (χ2n) is 5.47. The van der Waals surface area contributed by atoms with Crippen molar-refractivity contribution in [2.45, 2.75) is 31.8 Å². The van der Waals surface area contributed by atoms with E-state index in [1.807, 2.05) is 4.90 Å². The van der Waals surface area contributed by atoms with Gasteiger partial charge in [0.15, 0.2) is 17.7 Å². The van der Waals surface area contributed by atoms with Crippen molar-refractivity contribution >= 4 is 11.6 Å². The van der Waals surface area contributed by atoms with E-state index in [4.69, 9.17) is 4.74 Å². The molecule has 6 heteroatoms. The highest BCUT2D eigenvalue weighted by Gasteiger charge is 2.28. The number of piperidine rings is 1. The second-order valence-corrected chi connectivity index (χ2v) is 5.47. The average Bonchev–Trinajstić information content (AvgIpc) is 2.88. The minimum atomic E-state index is -0.770. The summed E-state index contributed by atoms with van der Waals surface area (Å²) >= 11 is 0. The van der Waals surface area contributed by atoms with E-state index in [0.29, 0.717) is 18.7 Å². The number of carbonyl (C=O) groups excluding carboxylic acids is 1. The number of hydrogen-bond donors (Lipinski definition) is 1. The molecule has 1 atom stereocenters. The number of nitrogens with one attached hydrogen (secondary N) is 1. The van der Waals surface area contributed by atoms with Gasteiger partial charge in [0.25, 0.3) is 5.91 Å². The van der Waals surface area contributed by atoms with Gasteiger partial charge in [-0.25, -0.2) is 8.78 Å². The topological polar surface area (TPSA) is 41.6 Å². The van der Waals surface area contributed by atoms with Gasteiger partial charge in [-0.3, -0.25) is 4.79 Å². The SMILES string of the molecule is O=C1NCC[C@H]1Oc1cc(N2CCCCC2)c(F)cc1F. The minimum absolute atomic E-state index is 0.0565. The van der Waals surface area contributed by atoms with Crippen LogP contribution in [0.1, 0.15) is 25.7 Å². The summed E-state index contributed by atoms with van der Waals surface area (Å²) in [6.45, 7) is 2.03. The molecule has 0 bridgehead atoms. The van der Waals surface area contributed by atoms with Gasteiger partial charge in [0.1, 0.15) is 5.82 Å². The Morgan fingerprint density at radius 3 is 2.57 bits per heavy atom. The van der Waals surface area contributed by atoms with Gasteiger partial charge < -0.3 is 15.0 Å². The van der Waals surface area contributed by atoms with Crippen molar-refractivity contribution in [1.82, 2.24) is 5.32 Å². The maximum absolute atomic E-state index is 14.0. The smallest absolute Gasteiger partial charge is 0.261 e. The van der Waals surface area contributed by atoms with E-state index in [1.165, 1.54) is 6.07 Å². The normalized spacial score (nSPS) is 22.3. The van der Waals surface area contributed by atoms with Gasteiger partial charge in [0, 0.05) is 38.2 Å². The molecule has 2 aliphatic rings. The van der Waals surface area contributed by atoms with Crippen molar-refractivity contribution in [3.8, 4) is 5.75 Å². The number of rotatable bonds is 3. The molecule has 0 aliphatic carbocycles. The molecule has 0 aromatic heterocycles. The maximum atomic E-state index is 14.0. The highest BCUT2D eigenvalue weighted by Crippen LogP contribution is 2.31. The molecule has 0 spiro atoms. The van der Waals surface area contributed by atoms with Crippen LogP contribution in [-0.2, 0) is 4.79 Å². The molecular formula is C15H18F2N2O2. The largest absolute Gasteiger partial charge is 0.477 e. The number of carbonyl (C=O) groups is 1. The molecule has 1 aromatic rings. The van der Waals surface area contributed by atoms with E-state index in [0.717, 1.165) is 38.4 Å². The Hall–Kier alpha value is -1.85. The number of halogens is 2. The molecule has 1 aromatic carbocycles. The van der Waals surface area contributed by atoms with Crippen molar-refractivity contribution < 1.29 is 18.3 Å². The number of nitrogens with zero attached hydrogens (tertiary/aromatic N) is 1. The third-order valence-electron chi connectivity index (χ3n) is 3.97. The van der Waals surface area contributed by atoms with Crippen molar-refractivity contribution in [2.24, 2.45) is 0 Å². The fourth-order valence-corrected chi connectivity index (χ4v) is 2.82. The zero-order valence-corrected chi connectivity index (χ0v) is 11.7. The first-order valence-electron chi connectivity index (χ1n) is 7.33. The summed E-state index contributed by atoms with van der Waals surface area (Å²) in [5, 5.41) is 2.63. The summed E-state index contributed by atoms with van der Waals surface area (Å²) in [5.41, 5.74) is 0.351. The molecule has 0 unspecified atom stereocenters. The van der Waals surface area contributed by atoms with Crippen molar-refractivity contribution in [3.63, 3.8) is 0 Å². The summed E-state index contributed by atoms with van der Waals surface area (Å²) < 4.78 is 33.3. The maximum Gasteiger partial charge on any atom is 0.261 e. The van der Waals surface area contributed by atoms with E-state index in [1.54, 1.807) is 0 Å². The Labute approximate surface area is 122 Å². The average molecular weight is 296 g/mol. The Morgan fingerprint density at radius 1 is 1.14 bits per heavy atom. The summed E-state index contributed by atoms with van der Waals surface area (Å²) in [4.78, 5) is 13.4. The van der Waals surface area contributed by atoms with Crippen LogP contribution in [0.2, 0.25) is 0 Å². The lowest BCUT2D eigenvalue weighted by atomic mass is 10.1. The summed E-state index contributed by atoms with van der Waals surface area (Å²) in [7, 11) is 0. The Morgan fingerprint density at radius 2 is 1.90 bits per heavy atom. The molecular weight excluding hydrogens is 278 g/mol. The van der Waals surface area contributed by atoms with E-state index < -0.39 is 17.7 Å². The first-order chi connectivity index (χ1) is 10.1. The Bertz CT molecular complexity index is 545. The highest BCUT2D eigenvalue weighted by atomic mass is 19.1. The van der Waals surface area contributed by atoms with Crippen molar-refractivity contribution in [1.29, 1.82) is 0 Å².